The molecule has 22 heavy (non-hydrogen) atoms. The molecule has 7 heteroatoms. The number of carbonyl (C=O) groups is 2. The molecule has 0 atom stereocenters. The van der Waals surface area contributed by atoms with Crippen molar-refractivity contribution in [3.05, 3.63) is 12.3 Å². The zero-order valence-corrected chi connectivity index (χ0v) is 12.2. The van der Waals surface area contributed by atoms with Gasteiger partial charge in [0.05, 0.1) is 6.04 Å². The molecule has 1 aliphatic heterocycles. The Morgan fingerprint density at radius 1 is 1.45 bits per heavy atom. The maximum Gasteiger partial charge on any atom is 0.304 e. The Kier molecular flexibility index (Phi) is 3.62. The molecule has 2 N–H and O–H groups in total. The molecule has 0 spiro atoms. The predicted octanol–water partition coefficient (Wildman–Crippen LogP) is 0.219. The van der Waals surface area contributed by atoms with Gasteiger partial charge in [0.2, 0.25) is 5.91 Å². The Hall–Kier alpha value is -2.33. The van der Waals surface area contributed by atoms with Crippen molar-refractivity contribution in [2.75, 3.05) is 18.1 Å². The van der Waals surface area contributed by atoms with Crippen LogP contribution >= 0.6 is 0 Å². The van der Waals surface area contributed by atoms with Gasteiger partial charge in [0.15, 0.2) is 5.82 Å². The van der Waals surface area contributed by atoms with Gasteiger partial charge in [-0.15, -0.1) is 6.42 Å². The quantitative estimate of drug-likeness (QED) is 0.806. The van der Waals surface area contributed by atoms with Gasteiger partial charge in [-0.05, 0) is 18.8 Å². The van der Waals surface area contributed by atoms with Gasteiger partial charge in [-0.2, -0.15) is 5.10 Å². The van der Waals surface area contributed by atoms with Crippen LogP contribution in [0.25, 0.3) is 0 Å². The van der Waals surface area contributed by atoms with Crippen LogP contribution in [0.3, 0.4) is 0 Å². The molecule has 2 amide bonds. The fourth-order valence-electron chi connectivity index (χ4n) is 2.86. The first kappa shape index (κ1) is 14.6. The minimum atomic E-state index is -1.18. The average Bonchev–Trinajstić information content (AvgIpc) is 3.27. The van der Waals surface area contributed by atoms with Crippen LogP contribution in [-0.2, 0) is 14.3 Å². The number of carbonyl (C=O) groups excluding carboxylic acids is 2. The molecule has 2 aliphatic rings. The normalized spacial score (nSPS) is 20.1. The second-order valence-electron chi connectivity index (χ2n) is 5.68. The van der Waals surface area contributed by atoms with E-state index in [1.807, 2.05) is 0 Å². The Balaban J connectivity index is 2.02. The van der Waals surface area contributed by atoms with E-state index < -0.39 is 17.4 Å². The van der Waals surface area contributed by atoms with Gasteiger partial charge in [-0.25, -0.2) is 0 Å². The predicted molar refractivity (Wildman–Crippen MR) is 78.8 cm³/mol. The number of aromatic nitrogens is 2. The number of primary amides is 1. The number of amides is 2. The Morgan fingerprint density at radius 2 is 2.14 bits per heavy atom. The standard InChI is InChI=1S/C15H18N4O3/c1-2-13(20)19(12-5-8-18(17-12)11-3-4-11)15(14(16)21)6-9-22-10-7-15/h1,5,8,11H,3-4,6-7,9-10H2,(H2,16,21). The zero-order valence-electron chi connectivity index (χ0n) is 12.2. The fraction of sp³-hybridized carbons (Fsp3) is 0.533. The summed E-state index contributed by atoms with van der Waals surface area (Å²) in [5.74, 6) is 1.26. The third-order valence-corrected chi connectivity index (χ3v) is 4.28. The largest absolute Gasteiger partial charge is 0.381 e. The second kappa shape index (κ2) is 5.46. The van der Waals surface area contributed by atoms with Crippen LogP contribution < -0.4 is 10.6 Å². The number of ether oxygens (including phenoxy) is 1. The van der Waals surface area contributed by atoms with E-state index in [2.05, 4.69) is 11.0 Å². The van der Waals surface area contributed by atoms with Crippen LogP contribution in [0.15, 0.2) is 12.3 Å². The summed E-state index contributed by atoms with van der Waals surface area (Å²) in [7, 11) is 0. The van der Waals surface area contributed by atoms with Crippen molar-refractivity contribution in [1.29, 1.82) is 0 Å². The summed E-state index contributed by atoms with van der Waals surface area (Å²) in [4.78, 5) is 25.7. The lowest BCUT2D eigenvalue weighted by Crippen LogP contribution is -2.62. The third-order valence-electron chi connectivity index (χ3n) is 4.28. The molecule has 0 unspecified atom stereocenters. The molecule has 1 saturated heterocycles. The van der Waals surface area contributed by atoms with E-state index in [0.29, 0.717) is 37.9 Å². The molecule has 0 radical (unpaired) electrons. The average molecular weight is 302 g/mol. The highest BCUT2D eigenvalue weighted by Gasteiger charge is 2.48. The van der Waals surface area contributed by atoms with Crippen molar-refractivity contribution in [2.45, 2.75) is 37.3 Å². The summed E-state index contributed by atoms with van der Waals surface area (Å²) >= 11 is 0. The van der Waals surface area contributed by atoms with E-state index in [4.69, 9.17) is 16.9 Å². The van der Waals surface area contributed by atoms with Crippen LogP contribution in [0.1, 0.15) is 31.7 Å². The number of hydrogen-bond donors (Lipinski definition) is 1. The van der Waals surface area contributed by atoms with Crippen molar-refractivity contribution in [2.24, 2.45) is 5.73 Å². The van der Waals surface area contributed by atoms with E-state index in [-0.39, 0.29) is 0 Å². The lowest BCUT2D eigenvalue weighted by molar-refractivity contribution is -0.130. The fourth-order valence-corrected chi connectivity index (χ4v) is 2.86. The molecule has 116 valence electrons. The summed E-state index contributed by atoms with van der Waals surface area (Å²) in [5.41, 5.74) is 4.44. The Labute approximate surface area is 128 Å². The lowest BCUT2D eigenvalue weighted by atomic mass is 9.87. The summed E-state index contributed by atoms with van der Waals surface area (Å²) < 4.78 is 7.11. The molecule has 0 bridgehead atoms. The summed E-state index contributed by atoms with van der Waals surface area (Å²) in [6.07, 6.45) is 9.86. The Morgan fingerprint density at radius 3 is 2.68 bits per heavy atom. The number of nitrogens with two attached hydrogens (primary N) is 1. The van der Waals surface area contributed by atoms with Crippen LogP contribution in [0.4, 0.5) is 5.82 Å². The van der Waals surface area contributed by atoms with Gasteiger partial charge in [0, 0.05) is 38.3 Å². The second-order valence-corrected chi connectivity index (χ2v) is 5.68. The zero-order chi connectivity index (χ0) is 15.7. The number of hydrogen-bond acceptors (Lipinski definition) is 4. The Bertz CT molecular complexity index is 635. The van der Waals surface area contributed by atoms with Crippen molar-refractivity contribution in [3.8, 4) is 12.3 Å². The van der Waals surface area contributed by atoms with Crippen LogP contribution in [0.5, 0.6) is 0 Å². The van der Waals surface area contributed by atoms with Crippen molar-refractivity contribution < 1.29 is 14.3 Å². The number of rotatable bonds is 4. The maximum absolute atomic E-state index is 12.3. The lowest BCUT2D eigenvalue weighted by Gasteiger charge is -2.41. The van der Waals surface area contributed by atoms with E-state index in [9.17, 15) is 9.59 Å². The van der Waals surface area contributed by atoms with Crippen LogP contribution in [-0.4, -0.2) is 40.3 Å². The summed E-state index contributed by atoms with van der Waals surface area (Å²) in [5, 5.41) is 4.42. The number of nitrogens with zero attached hydrogens (tertiary/aromatic N) is 3. The smallest absolute Gasteiger partial charge is 0.304 e. The molecule has 2 fully saturated rings. The number of anilines is 1. The first-order chi connectivity index (χ1) is 10.6. The van der Waals surface area contributed by atoms with Gasteiger partial charge in [0.1, 0.15) is 5.54 Å². The maximum atomic E-state index is 12.3. The van der Waals surface area contributed by atoms with Gasteiger partial charge >= 0.3 is 5.91 Å². The first-order valence-corrected chi connectivity index (χ1v) is 7.32. The van der Waals surface area contributed by atoms with Gasteiger partial charge < -0.3 is 10.5 Å². The van der Waals surface area contributed by atoms with Gasteiger partial charge in [-0.3, -0.25) is 19.2 Å². The minimum absolute atomic E-state index is 0.312. The van der Waals surface area contributed by atoms with Crippen molar-refractivity contribution >= 4 is 17.6 Å². The molecule has 7 nitrogen and oxygen atoms in total. The molecule has 1 saturated carbocycles. The van der Waals surface area contributed by atoms with E-state index in [0.717, 1.165) is 12.8 Å². The first-order valence-electron chi connectivity index (χ1n) is 7.32. The molecule has 3 rings (SSSR count). The summed E-state index contributed by atoms with van der Waals surface area (Å²) in [6, 6.07) is 2.07. The summed E-state index contributed by atoms with van der Waals surface area (Å²) in [6.45, 7) is 0.696. The molecule has 0 aromatic carbocycles. The van der Waals surface area contributed by atoms with Gasteiger partial charge in [0.25, 0.3) is 0 Å². The van der Waals surface area contributed by atoms with Crippen molar-refractivity contribution in [3.63, 3.8) is 0 Å². The topological polar surface area (TPSA) is 90.5 Å². The molecule has 1 aliphatic carbocycles. The highest BCUT2D eigenvalue weighted by molar-refractivity contribution is 6.10. The van der Waals surface area contributed by atoms with E-state index in [1.165, 1.54) is 4.90 Å². The number of terminal acetylenes is 1. The van der Waals surface area contributed by atoms with E-state index in [1.54, 1.807) is 16.9 Å². The van der Waals surface area contributed by atoms with E-state index >= 15 is 0 Å². The van der Waals surface area contributed by atoms with Gasteiger partial charge in [-0.1, -0.05) is 0 Å². The molecular formula is C15H18N4O3. The SMILES string of the molecule is C#CC(=O)N(c1ccn(C2CC2)n1)C1(C(N)=O)CCOCC1. The highest BCUT2D eigenvalue weighted by atomic mass is 16.5. The molecular weight excluding hydrogens is 284 g/mol. The van der Waals surface area contributed by atoms with Crippen LogP contribution in [0, 0.1) is 12.3 Å². The van der Waals surface area contributed by atoms with Crippen LogP contribution in [0.2, 0.25) is 0 Å². The third kappa shape index (κ3) is 2.35. The molecule has 1 aromatic rings. The monoisotopic (exact) mass is 302 g/mol. The van der Waals surface area contributed by atoms with Crippen molar-refractivity contribution in [1.82, 2.24) is 9.78 Å². The molecule has 1 aromatic heterocycles. The highest BCUT2D eigenvalue weighted by Crippen LogP contribution is 2.36. The molecule has 2 heterocycles. The minimum Gasteiger partial charge on any atom is -0.381 e.